The molecule has 3 atom stereocenters. The fourth-order valence-corrected chi connectivity index (χ4v) is 3.08. The molecule has 0 radical (unpaired) electrons. The summed E-state index contributed by atoms with van der Waals surface area (Å²) in [6.45, 7) is 4.72. The molecule has 1 amide bonds. The Morgan fingerprint density at radius 1 is 1.33 bits per heavy atom. The second kappa shape index (κ2) is 6.58. The maximum Gasteiger partial charge on any atom is 0.223 e. The normalized spacial score (nSPS) is 25.1. The molecule has 114 valence electrons. The molecular formula is C17H24N2O2. The lowest BCUT2D eigenvalue weighted by atomic mass is 9.87. The SMILES string of the molecule is CC(C(=O)NC(c1ccccc1)C1CCCO1)C1CNC1. The number of hydrogen-bond donors (Lipinski definition) is 2. The van der Waals surface area contributed by atoms with Crippen LogP contribution in [0.5, 0.6) is 0 Å². The van der Waals surface area contributed by atoms with Gasteiger partial charge in [0.2, 0.25) is 5.91 Å². The van der Waals surface area contributed by atoms with Gasteiger partial charge in [-0.25, -0.2) is 0 Å². The van der Waals surface area contributed by atoms with Crippen molar-refractivity contribution in [2.24, 2.45) is 11.8 Å². The highest BCUT2D eigenvalue weighted by Crippen LogP contribution is 2.28. The summed E-state index contributed by atoms with van der Waals surface area (Å²) in [7, 11) is 0. The van der Waals surface area contributed by atoms with Gasteiger partial charge in [0.1, 0.15) is 0 Å². The quantitative estimate of drug-likeness (QED) is 0.870. The van der Waals surface area contributed by atoms with E-state index in [0.717, 1.165) is 38.1 Å². The summed E-state index contributed by atoms with van der Waals surface area (Å²) in [6, 6.07) is 10.1. The van der Waals surface area contributed by atoms with Crippen LogP contribution in [0.25, 0.3) is 0 Å². The van der Waals surface area contributed by atoms with Crippen molar-refractivity contribution in [3.05, 3.63) is 35.9 Å². The van der Waals surface area contributed by atoms with Crippen LogP contribution in [0, 0.1) is 11.8 Å². The first-order valence-electron chi connectivity index (χ1n) is 7.93. The average Bonchev–Trinajstić information content (AvgIpc) is 2.97. The topological polar surface area (TPSA) is 50.4 Å². The number of hydrogen-bond acceptors (Lipinski definition) is 3. The summed E-state index contributed by atoms with van der Waals surface area (Å²) in [5.41, 5.74) is 1.14. The molecule has 0 saturated carbocycles. The van der Waals surface area contributed by atoms with Crippen molar-refractivity contribution in [2.75, 3.05) is 19.7 Å². The van der Waals surface area contributed by atoms with E-state index in [1.165, 1.54) is 0 Å². The Hall–Kier alpha value is -1.39. The van der Waals surface area contributed by atoms with Crippen molar-refractivity contribution in [1.82, 2.24) is 10.6 Å². The standard InChI is InChI=1S/C17H24N2O2/c1-12(14-10-18-11-14)17(20)19-16(15-8-5-9-21-15)13-6-3-2-4-7-13/h2-4,6-7,12,14-16,18H,5,8-11H2,1H3,(H,19,20). The maximum atomic E-state index is 12.5. The van der Waals surface area contributed by atoms with Crippen LogP contribution in [0.15, 0.2) is 30.3 Å². The summed E-state index contributed by atoms with van der Waals surface area (Å²) < 4.78 is 5.82. The lowest BCUT2D eigenvalue weighted by molar-refractivity contribution is -0.128. The van der Waals surface area contributed by atoms with E-state index < -0.39 is 0 Å². The highest BCUT2D eigenvalue weighted by atomic mass is 16.5. The number of carbonyl (C=O) groups excluding carboxylic acids is 1. The molecule has 3 unspecified atom stereocenters. The predicted octanol–water partition coefficient (Wildman–Crippen LogP) is 1.88. The number of carbonyl (C=O) groups is 1. The molecule has 0 aromatic heterocycles. The van der Waals surface area contributed by atoms with E-state index in [2.05, 4.69) is 22.8 Å². The van der Waals surface area contributed by atoms with Gasteiger partial charge in [-0.2, -0.15) is 0 Å². The molecule has 0 aliphatic carbocycles. The van der Waals surface area contributed by atoms with E-state index in [1.54, 1.807) is 0 Å². The van der Waals surface area contributed by atoms with Gasteiger partial charge in [0, 0.05) is 12.5 Å². The maximum absolute atomic E-state index is 12.5. The minimum atomic E-state index is -0.0308. The van der Waals surface area contributed by atoms with Crippen LogP contribution >= 0.6 is 0 Å². The van der Waals surface area contributed by atoms with E-state index >= 15 is 0 Å². The van der Waals surface area contributed by atoms with Crippen LogP contribution in [0.4, 0.5) is 0 Å². The third kappa shape index (κ3) is 3.27. The molecular weight excluding hydrogens is 264 g/mol. The van der Waals surface area contributed by atoms with E-state index in [9.17, 15) is 4.79 Å². The lowest BCUT2D eigenvalue weighted by Crippen LogP contribution is -2.50. The molecule has 2 N–H and O–H groups in total. The van der Waals surface area contributed by atoms with Crippen LogP contribution in [0.1, 0.15) is 31.4 Å². The summed E-state index contributed by atoms with van der Waals surface area (Å²) in [5.74, 6) is 0.663. The lowest BCUT2D eigenvalue weighted by Gasteiger charge is -2.33. The van der Waals surface area contributed by atoms with Gasteiger partial charge >= 0.3 is 0 Å². The Kier molecular flexibility index (Phi) is 4.56. The molecule has 0 spiro atoms. The van der Waals surface area contributed by atoms with Gasteiger partial charge in [-0.15, -0.1) is 0 Å². The number of benzene rings is 1. The summed E-state index contributed by atoms with van der Waals surface area (Å²) in [6.07, 6.45) is 2.19. The Morgan fingerprint density at radius 2 is 2.10 bits per heavy atom. The summed E-state index contributed by atoms with van der Waals surface area (Å²) in [4.78, 5) is 12.5. The first-order chi connectivity index (χ1) is 10.3. The van der Waals surface area contributed by atoms with Crippen molar-refractivity contribution >= 4 is 5.91 Å². The van der Waals surface area contributed by atoms with Crippen LogP contribution in [-0.4, -0.2) is 31.7 Å². The zero-order valence-electron chi connectivity index (χ0n) is 12.5. The van der Waals surface area contributed by atoms with Gasteiger partial charge < -0.3 is 15.4 Å². The molecule has 2 aliphatic rings. The molecule has 0 bridgehead atoms. The molecule has 4 heteroatoms. The zero-order chi connectivity index (χ0) is 14.7. The van der Waals surface area contributed by atoms with Crippen molar-refractivity contribution in [2.45, 2.75) is 31.9 Å². The van der Waals surface area contributed by atoms with Gasteiger partial charge in [0.05, 0.1) is 12.1 Å². The van der Waals surface area contributed by atoms with E-state index in [0.29, 0.717) is 5.92 Å². The van der Waals surface area contributed by atoms with E-state index in [-0.39, 0.29) is 24.0 Å². The average molecular weight is 288 g/mol. The highest BCUT2D eigenvalue weighted by Gasteiger charge is 2.33. The van der Waals surface area contributed by atoms with Crippen LogP contribution < -0.4 is 10.6 Å². The van der Waals surface area contributed by atoms with Crippen molar-refractivity contribution in [3.8, 4) is 0 Å². The Bertz CT molecular complexity index is 467. The van der Waals surface area contributed by atoms with Crippen molar-refractivity contribution in [1.29, 1.82) is 0 Å². The zero-order valence-corrected chi connectivity index (χ0v) is 12.5. The number of ether oxygens (including phenoxy) is 1. The fraction of sp³-hybridized carbons (Fsp3) is 0.588. The molecule has 21 heavy (non-hydrogen) atoms. The first-order valence-corrected chi connectivity index (χ1v) is 7.93. The Balaban J connectivity index is 1.71. The molecule has 2 saturated heterocycles. The minimum absolute atomic E-state index is 0.0308. The molecule has 4 nitrogen and oxygen atoms in total. The second-order valence-electron chi connectivity index (χ2n) is 6.16. The third-order valence-electron chi connectivity index (χ3n) is 4.73. The van der Waals surface area contributed by atoms with Gasteiger partial charge in [-0.3, -0.25) is 4.79 Å². The van der Waals surface area contributed by atoms with Crippen LogP contribution in [-0.2, 0) is 9.53 Å². The predicted molar refractivity (Wildman–Crippen MR) is 81.8 cm³/mol. The van der Waals surface area contributed by atoms with Gasteiger partial charge in [-0.05, 0) is 37.4 Å². The summed E-state index contributed by atoms with van der Waals surface area (Å²) in [5, 5.41) is 6.46. The van der Waals surface area contributed by atoms with Crippen LogP contribution in [0.3, 0.4) is 0 Å². The van der Waals surface area contributed by atoms with Gasteiger partial charge in [0.15, 0.2) is 0 Å². The molecule has 2 aliphatic heterocycles. The van der Waals surface area contributed by atoms with Crippen LogP contribution in [0.2, 0.25) is 0 Å². The molecule has 2 heterocycles. The van der Waals surface area contributed by atoms with Crippen molar-refractivity contribution in [3.63, 3.8) is 0 Å². The largest absolute Gasteiger partial charge is 0.376 e. The number of nitrogens with one attached hydrogen (secondary N) is 2. The Labute approximate surface area is 126 Å². The van der Waals surface area contributed by atoms with Gasteiger partial charge in [-0.1, -0.05) is 37.3 Å². The van der Waals surface area contributed by atoms with E-state index in [1.807, 2.05) is 25.1 Å². The number of rotatable bonds is 5. The molecule has 1 aromatic rings. The second-order valence-corrected chi connectivity index (χ2v) is 6.16. The first kappa shape index (κ1) is 14.5. The smallest absolute Gasteiger partial charge is 0.223 e. The molecule has 3 rings (SSSR count). The Morgan fingerprint density at radius 3 is 2.67 bits per heavy atom. The fourth-order valence-electron chi connectivity index (χ4n) is 3.08. The van der Waals surface area contributed by atoms with Crippen molar-refractivity contribution < 1.29 is 9.53 Å². The monoisotopic (exact) mass is 288 g/mol. The van der Waals surface area contributed by atoms with Gasteiger partial charge in [0.25, 0.3) is 0 Å². The third-order valence-corrected chi connectivity index (χ3v) is 4.73. The highest BCUT2D eigenvalue weighted by molar-refractivity contribution is 5.79. The number of amides is 1. The molecule has 2 fully saturated rings. The molecule has 1 aromatic carbocycles. The minimum Gasteiger partial charge on any atom is -0.376 e. The van der Waals surface area contributed by atoms with E-state index in [4.69, 9.17) is 4.74 Å². The summed E-state index contributed by atoms with van der Waals surface area (Å²) >= 11 is 0.